The molecule has 0 aliphatic carbocycles. The van der Waals surface area contributed by atoms with Crippen LogP contribution in [0.5, 0.6) is 5.75 Å². The Morgan fingerprint density at radius 3 is 2.21 bits per heavy atom. The molecule has 0 aliphatic rings. The van der Waals surface area contributed by atoms with Gasteiger partial charge in [-0.25, -0.2) is 13.1 Å². The van der Waals surface area contributed by atoms with Crippen molar-refractivity contribution in [1.82, 2.24) is 4.72 Å². The Bertz CT molecular complexity index is 949. The van der Waals surface area contributed by atoms with Gasteiger partial charge >= 0.3 is 0 Å². The van der Waals surface area contributed by atoms with E-state index in [1.165, 1.54) is 12.1 Å². The Morgan fingerprint density at radius 2 is 1.68 bits per heavy atom. The average molecular weight is 469 g/mol. The smallest absolute Gasteiger partial charge is 0.256 e. The molecule has 0 fully saturated rings. The zero-order valence-corrected chi connectivity index (χ0v) is 18.9. The van der Waals surface area contributed by atoms with Gasteiger partial charge in [-0.15, -0.1) is 0 Å². The lowest BCUT2D eigenvalue weighted by Crippen LogP contribution is -2.40. The number of hydrogen-bond donors (Lipinski definition) is 2. The van der Waals surface area contributed by atoms with E-state index in [4.69, 9.17) is 4.74 Å². The number of ether oxygens (including phenoxy) is 1. The highest BCUT2D eigenvalue weighted by Gasteiger charge is 2.23. The van der Waals surface area contributed by atoms with Crippen LogP contribution in [0.2, 0.25) is 0 Å². The lowest BCUT2D eigenvalue weighted by atomic mass is 10.1. The molecule has 6 nitrogen and oxygen atoms in total. The van der Waals surface area contributed by atoms with Crippen molar-refractivity contribution in [2.45, 2.75) is 51.2 Å². The minimum Gasteiger partial charge on any atom is -0.491 e. The van der Waals surface area contributed by atoms with E-state index in [-0.39, 0.29) is 16.6 Å². The van der Waals surface area contributed by atoms with Gasteiger partial charge in [-0.05, 0) is 93.0 Å². The molecule has 0 bridgehead atoms. The van der Waals surface area contributed by atoms with Crippen LogP contribution in [0.3, 0.4) is 0 Å². The van der Waals surface area contributed by atoms with E-state index in [1.54, 1.807) is 51.1 Å². The fourth-order valence-corrected chi connectivity index (χ4v) is 4.27. The Labute approximate surface area is 174 Å². The molecule has 1 amide bonds. The number of sulfonamides is 1. The van der Waals surface area contributed by atoms with Gasteiger partial charge in [-0.1, -0.05) is 0 Å². The highest BCUT2D eigenvalue weighted by molar-refractivity contribution is 9.10. The largest absolute Gasteiger partial charge is 0.491 e. The van der Waals surface area contributed by atoms with Crippen molar-refractivity contribution in [2.75, 3.05) is 5.32 Å². The Morgan fingerprint density at radius 1 is 1.07 bits per heavy atom. The lowest BCUT2D eigenvalue weighted by molar-refractivity contribution is 0.102. The summed E-state index contributed by atoms with van der Waals surface area (Å²) in [5.74, 6) is 0.285. The molecule has 2 rings (SSSR count). The summed E-state index contributed by atoms with van der Waals surface area (Å²) in [6, 6.07) is 11.3. The summed E-state index contributed by atoms with van der Waals surface area (Å²) in [5, 5.41) is 2.77. The van der Waals surface area contributed by atoms with Gasteiger partial charge in [-0.3, -0.25) is 4.79 Å². The van der Waals surface area contributed by atoms with Crippen LogP contribution >= 0.6 is 15.9 Å². The number of halogens is 1. The number of rotatable bonds is 6. The van der Waals surface area contributed by atoms with Crippen LogP contribution in [0.15, 0.2) is 51.8 Å². The standard InChI is InChI=1S/C20H25BrN2O4S/c1-13(2)27-15-8-6-14(7-9-15)22-19(24)17-12-16(10-11-18(17)21)28(25,26)23-20(3,4)5/h6-13,23H,1-5H3,(H,22,24). The number of benzene rings is 2. The van der Waals surface area contributed by atoms with Gasteiger partial charge in [0.05, 0.1) is 16.6 Å². The van der Waals surface area contributed by atoms with Gasteiger partial charge in [0, 0.05) is 15.7 Å². The molecule has 0 saturated carbocycles. The fraction of sp³-hybridized carbons (Fsp3) is 0.350. The first kappa shape index (κ1) is 22.4. The van der Waals surface area contributed by atoms with Crippen molar-refractivity contribution in [2.24, 2.45) is 0 Å². The lowest BCUT2D eigenvalue weighted by Gasteiger charge is -2.20. The van der Waals surface area contributed by atoms with Crippen LogP contribution in [0.1, 0.15) is 45.0 Å². The normalized spacial score (nSPS) is 12.1. The molecule has 0 heterocycles. The van der Waals surface area contributed by atoms with E-state index >= 15 is 0 Å². The number of hydrogen-bond acceptors (Lipinski definition) is 4. The summed E-state index contributed by atoms with van der Waals surface area (Å²) >= 11 is 3.32. The molecule has 2 aromatic rings. The predicted molar refractivity (Wildman–Crippen MR) is 114 cm³/mol. The third kappa shape index (κ3) is 6.32. The highest BCUT2D eigenvalue weighted by Crippen LogP contribution is 2.24. The Hall–Kier alpha value is -1.90. The summed E-state index contributed by atoms with van der Waals surface area (Å²) in [6.45, 7) is 9.13. The zero-order chi connectivity index (χ0) is 21.1. The molecule has 0 unspecified atom stereocenters. The molecular formula is C20H25BrN2O4S. The van der Waals surface area contributed by atoms with E-state index in [1.807, 2.05) is 13.8 Å². The van der Waals surface area contributed by atoms with E-state index in [0.717, 1.165) is 0 Å². The van der Waals surface area contributed by atoms with Crippen molar-refractivity contribution in [3.63, 3.8) is 0 Å². The molecule has 0 saturated heterocycles. The van der Waals surface area contributed by atoms with Gasteiger partial charge in [0.15, 0.2) is 0 Å². The fourth-order valence-electron chi connectivity index (χ4n) is 2.39. The second-order valence-corrected chi connectivity index (χ2v) is 10.2. The van der Waals surface area contributed by atoms with Crippen molar-refractivity contribution >= 4 is 37.5 Å². The van der Waals surface area contributed by atoms with Crippen LogP contribution in [0, 0.1) is 0 Å². The number of anilines is 1. The van der Waals surface area contributed by atoms with Crippen LogP contribution in [-0.2, 0) is 10.0 Å². The van der Waals surface area contributed by atoms with E-state index in [2.05, 4.69) is 26.0 Å². The number of nitrogens with one attached hydrogen (secondary N) is 2. The third-order valence-corrected chi connectivity index (χ3v) is 5.86. The van der Waals surface area contributed by atoms with E-state index in [0.29, 0.717) is 15.9 Å². The quantitative estimate of drug-likeness (QED) is 0.650. The van der Waals surface area contributed by atoms with Crippen molar-refractivity contribution in [1.29, 1.82) is 0 Å². The summed E-state index contributed by atoms with van der Waals surface area (Å²) in [5.41, 5.74) is 0.169. The second-order valence-electron chi connectivity index (χ2n) is 7.64. The Balaban J connectivity index is 2.24. The Kier molecular flexibility index (Phi) is 6.90. The molecule has 28 heavy (non-hydrogen) atoms. The van der Waals surface area contributed by atoms with Gasteiger partial charge in [-0.2, -0.15) is 0 Å². The molecule has 152 valence electrons. The summed E-state index contributed by atoms with van der Waals surface area (Å²) in [6.07, 6.45) is 0.0581. The SMILES string of the molecule is CC(C)Oc1ccc(NC(=O)c2cc(S(=O)(=O)NC(C)(C)C)ccc2Br)cc1. The minimum absolute atomic E-state index is 0.0245. The average Bonchev–Trinajstić information content (AvgIpc) is 2.54. The molecule has 0 aliphatic heterocycles. The van der Waals surface area contributed by atoms with Crippen molar-refractivity contribution in [3.8, 4) is 5.75 Å². The summed E-state index contributed by atoms with van der Waals surface area (Å²) < 4.78 is 33.7. The van der Waals surface area contributed by atoms with Gasteiger partial charge < -0.3 is 10.1 Å². The predicted octanol–water partition coefficient (Wildman–Crippen LogP) is 4.57. The molecular weight excluding hydrogens is 444 g/mol. The maximum atomic E-state index is 12.7. The first-order valence-corrected chi connectivity index (χ1v) is 11.1. The zero-order valence-electron chi connectivity index (χ0n) is 16.5. The monoisotopic (exact) mass is 468 g/mol. The molecule has 2 aromatic carbocycles. The third-order valence-electron chi connectivity index (χ3n) is 3.42. The molecule has 2 N–H and O–H groups in total. The first-order valence-electron chi connectivity index (χ1n) is 8.79. The van der Waals surface area contributed by atoms with E-state index in [9.17, 15) is 13.2 Å². The van der Waals surface area contributed by atoms with Gasteiger partial charge in [0.1, 0.15) is 5.75 Å². The number of amides is 1. The topological polar surface area (TPSA) is 84.5 Å². The van der Waals surface area contributed by atoms with E-state index < -0.39 is 21.5 Å². The summed E-state index contributed by atoms with van der Waals surface area (Å²) in [7, 11) is -3.75. The van der Waals surface area contributed by atoms with Gasteiger partial charge in [0.2, 0.25) is 10.0 Å². The molecule has 0 aromatic heterocycles. The van der Waals surface area contributed by atoms with Gasteiger partial charge in [0.25, 0.3) is 5.91 Å². The van der Waals surface area contributed by atoms with Crippen LogP contribution in [-0.4, -0.2) is 26.0 Å². The molecule has 0 radical (unpaired) electrons. The molecule has 0 atom stereocenters. The molecule has 0 spiro atoms. The van der Waals surface area contributed by atoms with Crippen molar-refractivity contribution in [3.05, 3.63) is 52.5 Å². The second kappa shape index (κ2) is 8.63. The van der Waals surface area contributed by atoms with Crippen LogP contribution in [0.4, 0.5) is 5.69 Å². The van der Waals surface area contributed by atoms with Crippen LogP contribution < -0.4 is 14.8 Å². The maximum Gasteiger partial charge on any atom is 0.256 e. The highest BCUT2D eigenvalue weighted by atomic mass is 79.9. The first-order chi connectivity index (χ1) is 12.9. The maximum absolute atomic E-state index is 12.7. The number of carbonyl (C=O) groups excluding carboxylic acids is 1. The summed E-state index contributed by atoms with van der Waals surface area (Å²) in [4.78, 5) is 12.7. The van der Waals surface area contributed by atoms with Crippen LogP contribution in [0.25, 0.3) is 0 Å². The number of carbonyl (C=O) groups is 1. The minimum atomic E-state index is -3.75. The van der Waals surface area contributed by atoms with Crippen molar-refractivity contribution < 1.29 is 17.9 Å². The molecule has 8 heteroatoms.